The number of ether oxygens (including phenoxy) is 1. The normalized spacial score (nSPS) is 21.6. The number of carbonyl (C=O) groups is 2. The van der Waals surface area contributed by atoms with Gasteiger partial charge in [-0.25, -0.2) is 0 Å². The number of rotatable bonds is 7. The minimum Gasteiger partial charge on any atom is -0.493 e. The van der Waals surface area contributed by atoms with Gasteiger partial charge >= 0.3 is 0 Å². The molecule has 0 spiro atoms. The predicted molar refractivity (Wildman–Crippen MR) is 117 cm³/mol. The Kier molecular flexibility index (Phi) is 9.24. The van der Waals surface area contributed by atoms with E-state index in [-0.39, 0.29) is 30.3 Å². The molecule has 2 fully saturated rings. The highest BCUT2D eigenvalue weighted by Crippen LogP contribution is 2.21. The minimum absolute atomic E-state index is 0. The average molecular weight is 424 g/mol. The van der Waals surface area contributed by atoms with Gasteiger partial charge < -0.3 is 20.3 Å². The smallest absolute Gasteiger partial charge is 0.253 e. The number of amides is 2. The fraction of sp³-hybridized carbons (Fsp3) is 0.636. The van der Waals surface area contributed by atoms with Crippen molar-refractivity contribution in [2.75, 3.05) is 32.8 Å². The lowest BCUT2D eigenvalue weighted by atomic mass is 9.97. The van der Waals surface area contributed by atoms with E-state index in [9.17, 15) is 9.59 Å². The van der Waals surface area contributed by atoms with Crippen LogP contribution < -0.4 is 15.4 Å². The molecule has 1 aromatic carbocycles. The molecule has 7 heteroatoms. The molecule has 0 saturated carbocycles. The number of benzene rings is 1. The molecule has 2 atom stereocenters. The Morgan fingerprint density at radius 2 is 2.10 bits per heavy atom. The van der Waals surface area contributed by atoms with Crippen LogP contribution in [0, 0.1) is 11.8 Å². The zero-order valence-electron chi connectivity index (χ0n) is 17.5. The summed E-state index contributed by atoms with van der Waals surface area (Å²) in [5, 5.41) is 6.30. The van der Waals surface area contributed by atoms with Crippen molar-refractivity contribution >= 4 is 24.2 Å². The molecule has 2 N–H and O–H groups in total. The molecular formula is C22H34ClN3O3. The van der Waals surface area contributed by atoms with Gasteiger partial charge in [-0.15, -0.1) is 12.4 Å². The monoisotopic (exact) mass is 423 g/mol. The Labute approximate surface area is 180 Å². The van der Waals surface area contributed by atoms with E-state index in [2.05, 4.69) is 24.5 Å². The van der Waals surface area contributed by atoms with E-state index in [0.29, 0.717) is 37.1 Å². The fourth-order valence-electron chi connectivity index (χ4n) is 3.86. The molecule has 6 nitrogen and oxygen atoms in total. The Balaban J connectivity index is 0.00000300. The molecule has 3 rings (SSSR count). The number of nitrogens with zero attached hydrogens (tertiary/aromatic N) is 1. The van der Waals surface area contributed by atoms with E-state index in [4.69, 9.17) is 4.74 Å². The van der Waals surface area contributed by atoms with Gasteiger partial charge in [-0.3, -0.25) is 9.59 Å². The van der Waals surface area contributed by atoms with Crippen LogP contribution in [0.25, 0.3) is 0 Å². The quantitative estimate of drug-likeness (QED) is 0.707. The number of hydrogen-bond acceptors (Lipinski definition) is 4. The van der Waals surface area contributed by atoms with Crippen LogP contribution in [0.2, 0.25) is 0 Å². The maximum absolute atomic E-state index is 13.0. The second kappa shape index (κ2) is 11.4. The Hall–Kier alpha value is -1.79. The molecule has 2 unspecified atom stereocenters. The van der Waals surface area contributed by atoms with Crippen molar-refractivity contribution in [3.05, 3.63) is 29.8 Å². The van der Waals surface area contributed by atoms with Crippen molar-refractivity contribution in [3.63, 3.8) is 0 Å². The van der Waals surface area contributed by atoms with Gasteiger partial charge in [0.1, 0.15) is 5.75 Å². The van der Waals surface area contributed by atoms with Gasteiger partial charge in [0, 0.05) is 25.2 Å². The van der Waals surface area contributed by atoms with E-state index in [1.54, 1.807) is 0 Å². The number of nitrogens with one attached hydrogen (secondary N) is 2. The molecule has 1 aromatic rings. The highest BCUT2D eigenvalue weighted by molar-refractivity contribution is 5.94. The highest BCUT2D eigenvalue weighted by Gasteiger charge is 2.27. The fourth-order valence-corrected chi connectivity index (χ4v) is 3.86. The van der Waals surface area contributed by atoms with E-state index >= 15 is 0 Å². The van der Waals surface area contributed by atoms with Crippen molar-refractivity contribution in [1.29, 1.82) is 0 Å². The molecule has 2 aliphatic rings. The van der Waals surface area contributed by atoms with Crippen molar-refractivity contribution < 1.29 is 14.3 Å². The summed E-state index contributed by atoms with van der Waals surface area (Å²) in [7, 11) is 0. The zero-order valence-corrected chi connectivity index (χ0v) is 18.3. The van der Waals surface area contributed by atoms with Crippen LogP contribution in [-0.4, -0.2) is 55.5 Å². The second-order valence-electron chi connectivity index (χ2n) is 8.39. The van der Waals surface area contributed by atoms with Crippen molar-refractivity contribution in [3.8, 4) is 5.75 Å². The average Bonchev–Trinajstić information content (AvgIpc) is 3.25. The molecule has 0 radical (unpaired) electrons. The number of piperidine rings is 1. The van der Waals surface area contributed by atoms with Crippen molar-refractivity contribution in [2.45, 2.75) is 45.6 Å². The van der Waals surface area contributed by atoms with Gasteiger partial charge in [-0.2, -0.15) is 0 Å². The molecule has 0 aliphatic carbocycles. The molecule has 2 saturated heterocycles. The number of likely N-dealkylation sites (tertiary alicyclic amines) is 1. The topological polar surface area (TPSA) is 70.7 Å². The third kappa shape index (κ3) is 6.89. The summed E-state index contributed by atoms with van der Waals surface area (Å²) >= 11 is 0. The van der Waals surface area contributed by atoms with Crippen LogP contribution in [0.3, 0.4) is 0 Å². The molecule has 0 aromatic heterocycles. The first-order valence-corrected chi connectivity index (χ1v) is 10.6. The van der Waals surface area contributed by atoms with Crippen molar-refractivity contribution in [1.82, 2.24) is 15.5 Å². The van der Waals surface area contributed by atoms with E-state index in [0.717, 1.165) is 44.5 Å². The van der Waals surface area contributed by atoms with Crippen LogP contribution in [0.1, 0.15) is 49.9 Å². The van der Waals surface area contributed by atoms with Crippen LogP contribution in [0.4, 0.5) is 0 Å². The molecule has 2 heterocycles. The first-order chi connectivity index (χ1) is 13.5. The van der Waals surface area contributed by atoms with Crippen LogP contribution in [0.15, 0.2) is 24.3 Å². The second-order valence-corrected chi connectivity index (χ2v) is 8.39. The van der Waals surface area contributed by atoms with Gasteiger partial charge in [0.2, 0.25) is 5.91 Å². The van der Waals surface area contributed by atoms with Gasteiger partial charge in [-0.05, 0) is 62.3 Å². The third-order valence-corrected chi connectivity index (χ3v) is 5.41. The summed E-state index contributed by atoms with van der Waals surface area (Å²) in [6.07, 6.45) is 3.98. The summed E-state index contributed by atoms with van der Waals surface area (Å²) < 4.78 is 5.76. The molecule has 29 heavy (non-hydrogen) atoms. The van der Waals surface area contributed by atoms with E-state index in [1.165, 1.54) is 0 Å². The zero-order chi connectivity index (χ0) is 19.9. The van der Waals surface area contributed by atoms with Gasteiger partial charge in [0.25, 0.3) is 5.91 Å². The first-order valence-electron chi connectivity index (χ1n) is 10.6. The molecule has 162 valence electrons. The number of hydrogen-bond donors (Lipinski definition) is 2. The molecular weight excluding hydrogens is 390 g/mol. The summed E-state index contributed by atoms with van der Waals surface area (Å²) in [6, 6.07) is 7.41. The minimum atomic E-state index is -0.0464. The Morgan fingerprint density at radius 1 is 1.28 bits per heavy atom. The van der Waals surface area contributed by atoms with E-state index < -0.39 is 0 Å². The van der Waals surface area contributed by atoms with Gasteiger partial charge in [-0.1, -0.05) is 19.9 Å². The van der Waals surface area contributed by atoms with Crippen LogP contribution in [-0.2, 0) is 4.79 Å². The Morgan fingerprint density at radius 3 is 2.83 bits per heavy atom. The molecule has 2 aliphatic heterocycles. The highest BCUT2D eigenvalue weighted by atomic mass is 35.5. The summed E-state index contributed by atoms with van der Waals surface area (Å²) in [4.78, 5) is 27.1. The summed E-state index contributed by atoms with van der Waals surface area (Å²) in [5.74, 6) is 1.63. The standard InChI is InChI=1S/C22H33N3O3.ClH/c1-16(2)15-28-19-8-3-7-18(12-19)22(27)25-11-5-6-17(14-25)13-24-21(26)20-9-4-10-23-20;/h3,7-8,12,16-17,20,23H,4-6,9-11,13-15H2,1-2H3,(H,24,26);1H. The van der Waals surface area contributed by atoms with E-state index in [1.807, 2.05) is 29.2 Å². The maximum atomic E-state index is 13.0. The first kappa shape index (κ1) is 23.5. The lowest BCUT2D eigenvalue weighted by molar-refractivity contribution is -0.123. The van der Waals surface area contributed by atoms with Crippen molar-refractivity contribution in [2.24, 2.45) is 11.8 Å². The number of carbonyl (C=O) groups excluding carboxylic acids is 2. The number of halogens is 1. The summed E-state index contributed by atoms with van der Waals surface area (Å²) in [5.41, 5.74) is 0.668. The van der Waals surface area contributed by atoms with Gasteiger partial charge in [0.05, 0.1) is 12.6 Å². The Bertz CT molecular complexity index is 677. The molecule has 0 bridgehead atoms. The third-order valence-electron chi connectivity index (χ3n) is 5.41. The summed E-state index contributed by atoms with van der Waals surface area (Å²) in [6.45, 7) is 7.86. The molecule has 2 amide bonds. The SMILES string of the molecule is CC(C)COc1cccc(C(=O)N2CCCC(CNC(=O)C3CCCN3)C2)c1.Cl. The largest absolute Gasteiger partial charge is 0.493 e. The van der Waals surface area contributed by atoms with Crippen LogP contribution >= 0.6 is 12.4 Å². The lowest BCUT2D eigenvalue weighted by Gasteiger charge is -2.33. The lowest BCUT2D eigenvalue weighted by Crippen LogP contribution is -2.46. The predicted octanol–water partition coefficient (Wildman–Crippen LogP) is 2.86. The van der Waals surface area contributed by atoms with Crippen LogP contribution in [0.5, 0.6) is 5.75 Å². The van der Waals surface area contributed by atoms with Gasteiger partial charge in [0.15, 0.2) is 0 Å². The maximum Gasteiger partial charge on any atom is 0.253 e.